The van der Waals surface area contributed by atoms with Crippen molar-refractivity contribution in [1.29, 1.82) is 0 Å². The number of carbonyl (C=O) groups is 2. The molecule has 6 heteroatoms. The van der Waals surface area contributed by atoms with E-state index in [1.54, 1.807) is 13.8 Å². The minimum absolute atomic E-state index is 0.0422. The average Bonchev–Trinajstić information content (AvgIpc) is 2.37. The lowest BCUT2D eigenvalue weighted by Crippen LogP contribution is -2.44. The van der Waals surface area contributed by atoms with E-state index in [-0.39, 0.29) is 11.3 Å². The van der Waals surface area contributed by atoms with Gasteiger partial charge in [0.15, 0.2) is 0 Å². The van der Waals surface area contributed by atoms with Crippen molar-refractivity contribution in [2.75, 3.05) is 12.4 Å². The van der Waals surface area contributed by atoms with Crippen molar-refractivity contribution >= 4 is 17.7 Å². The molecule has 0 aliphatic rings. The van der Waals surface area contributed by atoms with Gasteiger partial charge in [0.25, 0.3) is 0 Å². The number of aromatic carboxylic acids is 1. The van der Waals surface area contributed by atoms with Crippen LogP contribution in [0.5, 0.6) is 5.75 Å². The van der Waals surface area contributed by atoms with Crippen molar-refractivity contribution in [3.8, 4) is 18.1 Å². The molecule has 0 aliphatic carbocycles. The van der Waals surface area contributed by atoms with Crippen LogP contribution in [-0.2, 0) is 0 Å². The number of methoxy groups -OCH3 is 1. The molecule has 0 atom stereocenters. The molecular weight excluding hydrogens is 260 g/mol. The number of amides is 2. The van der Waals surface area contributed by atoms with Gasteiger partial charge in [-0.25, -0.2) is 9.59 Å². The number of rotatable bonds is 4. The summed E-state index contributed by atoms with van der Waals surface area (Å²) in [6, 6.07) is 3.68. The zero-order valence-electron chi connectivity index (χ0n) is 11.5. The van der Waals surface area contributed by atoms with Gasteiger partial charge in [0.05, 0.1) is 23.9 Å². The molecular formula is C14H16N2O4. The number of carbonyl (C=O) groups excluding carboxylic acids is 1. The number of anilines is 1. The number of terminal acetylenes is 1. The molecule has 0 radical (unpaired) electrons. The first kappa shape index (κ1) is 15.4. The van der Waals surface area contributed by atoms with E-state index in [2.05, 4.69) is 16.6 Å². The molecule has 0 aromatic heterocycles. The highest BCUT2D eigenvalue weighted by Gasteiger charge is 2.19. The summed E-state index contributed by atoms with van der Waals surface area (Å²) in [5, 5.41) is 14.1. The topological polar surface area (TPSA) is 87.7 Å². The van der Waals surface area contributed by atoms with Crippen LogP contribution in [0, 0.1) is 12.3 Å². The maximum atomic E-state index is 11.8. The van der Waals surface area contributed by atoms with Gasteiger partial charge in [0, 0.05) is 6.07 Å². The van der Waals surface area contributed by atoms with Gasteiger partial charge >= 0.3 is 12.0 Å². The summed E-state index contributed by atoms with van der Waals surface area (Å²) in [4.78, 5) is 22.9. The van der Waals surface area contributed by atoms with Gasteiger partial charge in [-0.15, -0.1) is 6.42 Å². The Morgan fingerprint density at radius 3 is 2.55 bits per heavy atom. The zero-order valence-corrected chi connectivity index (χ0v) is 11.5. The lowest BCUT2D eigenvalue weighted by molar-refractivity contribution is 0.0698. The quantitative estimate of drug-likeness (QED) is 0.733. The van der Waals surface area contributed by atoms with Gasteiger partial charge in [-0.1, -0.05) is 5.92 Å². The predicted octanol–water partition coefficient (Wildman–Crippen LogP) is 1.93. The lowest BCUT2D eigenvalue weighted by Gasteiger charge is -2.20. The summed E-state index contributed by atoms with van der Waals surface area (Å²) in [7, 11) is 1.45. The fourth-order valence-electron chi connectivity index (χ4n) is 1.41. The van der Waals surface area contributed by atoms with Crippen LogP contribution in [0.2, 0.25) is 0 Å². The van der Waals surface area contributed by atoms with Gasteiger partial charge in [-0.2, -0.15) is 0 Å². The van der Waals surface area contributed by atoms with E-state index in [9.17, 15) is 9.59 Å². The molecule has 20 heavy (non-hydrogen) atoms. The second-order valence-electron chi connectivity index (χ2n) is 4.57. The van der Waals surface area contributed by atoms with Crippen LogP contribution in [0.25, 0.3) is 0 Å². The van der Waals surface area contributed by atoms with E-state index in [1.807, 2.05) is 0 Å². The number of nitrogens with one attached hydrogen (secondary N) is 2. The van der Waals surface area contributed by atoms with Crippen molar-refractivity contribution < 1.29 is 19.4 Å². The number of carboxylic acid groups (broad SMARTS) is 1. The Balaban J connectivity index is 2.99. The van der Waals surface area contributed by atoms with Crippen molar-refractivity contribution in [2.24, 2.45) is 0 Å². The van der Waals surface area contributed by atoms with Gasteiger partial charge in [-0.3, -0.25) is 0 Å². The monoisotopic (exact) mass is 276 g/mol. The molecule has 0 spiro atoms. The van der Waals surface area contributed by atoms with Crippen molar-refractivity contribution in [3.63, 3.8) is 0 Å². The highest BCUT2D eigenvalue weighted by atomic mass is 16.5. The van der Waals surface area contributed by atoms with E-state index in [1.165, 1.54) is 25.3 Å². The Bertz CT molecular complexity index is 573. The summed E-state index contributed by atoms with van der Waals surface area (Å²) < 4.78 is 5.00. The van der Waals surface area contributed by atoms with Crippen molar-refractivity contribution in [2.45, 2.75) is 19.4 Å². The second-order valence-corrected chi connectivity index (χ2v) is 4.57. The Hall–Kier alpha value is -2.68. The molecule has 0 saturated heterocycles. The summed E-state index contributed by atoms with van der Waals surface area (Å²) in [6.45, 7) is 3.30. The second kappa shape index (κ2) is 5.97. The molecule has 2 amide bonds. The SMILES string of the molecule is C#CC(C)(C)NC(=O)Nc1cc(OC)ccc1C(=O)O. The van der Waals surface area contributed by atoms with Crippen LogP contribution in [0.4, 0.5) is 10.5 Å². The van der Waals surface area contributed by atoms with E-state index in [0.717, 1.165) is 0 Å². The van der Waals surface area contributed by atoms with Gasteiger partial charge in [-0.05, 0) is 26.0 Å². The first-order valence-corrected chi connectivity index (χ1v) is 5.77. The van der Waals surface area contributed by atoms with Gasteiger partial charge in [0.2, 0.25) is 0 Å². The van der Waals surface area contributed by atoms with Crippen LogP contribution >= 0.6 is 0 Å². The Morgan fingerprint density at radius 1 is 1.40 bits per heavy atom. The molecule has 1 rings (SSSR count). The first-order valence-electron chi connectivity index (χ1n) is 5.77. The van der Waals surface area contributed by atoms with E-state index in [0.29, 0.717) is 5.75 Å². The third-order valence-corrected chi connectivity index (χ3v) is 2.49. The van der Waals surface area contributed by atoms with E-state index in [4.69, 9.17) is 16.3 Å². The van der Waals surface area contributed by atoms with E-state index >= 15 is 0 Å². The standard InChI is InChI=1S/C14H16N2O4/c1-5-14(2,3)16-13(19)15-11-8-9(20-4)6-7-10(11)12(17)18/h1,6-8H,2-4H3,(H,17,18)(H2,15,16,19). The molecule has 1 aromatic rings. The van der Waals surface area contributed by atoms with Crippen LogP contribution < -0.4 is 15.4 Å². The summed E-state index contributed by atoms with van der Waals surface area (Å²) in [5.74, 6) is 1.68. The number of ether oxygens (including phenoxy) is 1. The van der Waals surface area contributed by atoms with Gasteiger partial charge in [0.1, 0.15) is 5.75 Å². The summed E-state index contributed by atoms with van der Waals surface area (Å²) in [5.41, 5.74) is -0.756. The van der Waals surface area contributed by atoms with Crippen LogP contribution in [0.3, 0.4) is 0 Å². The lowest BCUT2D eigenvalue weighted by atomic mass is 10.1. The Labute approximate surface area is 117 Å². The third-order valence-electron chi connectivity index (χ3n) is 2.49. The molecule has 0 aliphatic heterocycles. The zero-order chi connectivity index (χ0) is 15.3. The highest BCUT2D eigenvalue weighted by molar-refractivity contribution is 6.00. The molecule has 0 saturated carbocycles. The minimum Gasteiger partial charge on any atom is -0.497 e. The number of carboxylic acids is 1. The Morgan fingerprint density at radius 2 is 2.05 bits per heavy atom. The maximum absolute atomic E-state index is 11.8. The molecule has 106 valence electrons. The molecule has 0 heterocycles. The normalized spacial score (nSPS) is 10.3. The smallest absolute Gasteiger partial charge is 0.337 e. The maximum Gasteiger partial charge on any atom is 0.337 e. The average molecular weight is 276 g/mol. The number of hydrogen-bond donors (Lipinski definition) is 3. The number of benzene rings is 1. The van der Waals surface area contributed by atoms with Gasteiger partial charge < -0.3 is 20.5 Å². The fraction of sp³-hybridized carbons (Fsp3) is 0.286. The third kappa shape index (κ3) is 3.92. The van der Waals surface area contributed by atoms with E-state index < -0.39 is 17.5 Å². The molecule has 1 aromatic carbocycles. The minimum atomic E-state index is -1.15. The molecule has 3 N–H and O–H groups in total. The van der Waals surface area contributed by atoms with Crippen LogP contribution in [-0.4, -0.2) is 29.8 Å². The largest absolute Gasteiger partial charge is 0.497 e. The van der Waals surface area contributed by atoms with Crippen molar-refractivity contribution in [3.05, 3.63) is 23.8 Å². The number of hydrogen-bond acceptors (Lipinski definition) is 3. The molecule has 0 bridgehead atoms. The summed E-state index contributed by atoms with van der Waals surface area (Å²) in [6.07, 6.45) is 5.27. The fourth-order valence-corrected chi connectivity index (χ4v) is 1.41. The predicted molar refractivity (Wildman–Crippen MR) is 75.0 cm³/mol. The molecule has 0 fully saturated rings. The van der Waals surface area contributed by atoms with Crippen LogP contribution in [0.1, 0.15) is 24.2 Å². The summed E-state index contributed by atoms with van der Waals surface area (Å²) >= 11 is 0. The Kier molecular flexibility index (Phi) is 4.59. The van der Waals surface area contributed by atoms with Crippen LogP contribution in [0.15, 0.2) is 18.2 Å². The highest BCUT2D eigenvalue weighted by Crippen LogP contribution is 2.22. The molecule has 6 nitrogen and oxygen atoms in total. The number of urea groups is 1. The first-order chi connectivity index (χ1) is 9.29. The van der Waals surface area contributed by atoms with Crippen molar-refractivity contribution in [1.82, 2.24) is 5.32 Å². The molecule has 0 unspecified atom stereocenters.